The molecule has 0 radical (unpaired) electrons. The van der Waals surface area contributed by atoms with Crippen LogP contribution < -0.4 is 5.32 Å². The highest BCUT2D eigenvalue weighted by molar-refractivity contribution is 5.85. The lowest BCUT2D eigenvalue weighted by atomic mass is 9.98. The van der Waals surface area contributed by atoms with Crippen LogP contribution in [0.25, 0.3) is 22.2 Å². The molecule has 0 amide bonds. The molecule has 5 rings (SSSR count). The summed E-state index contributed by atoms with van der Waals surface area (Å²) in [4.78, 5) is 7.51. The largest absolute Gasteiger partial charge is 0.345 e. The van der Waals surface area contributed by atoms with E-state index in [9.17, 15) is 0 Å². The SMILES string of the molecule is Cl.c1ccc(C(NCc2cccc(-c3ccc4nc[nH]c4c3)c2)c2ccccc2)cc1. The highest BCUT2D eigenvalue weighted by Gasteiger charge is 2.13. The zero-order chi connectivity index (χ0) is 20.2. The van der Waals surface area contributed by atoms with Crippen LogP contribution in [0.4, 0.5) is 0 Å². The molecule has 0 bridgehead atoms. The lowest BCUT2D eigenvalue weighted by Gasteiger charge is -2.20. The number of halogens is 1. The first-order chi connectivity index (χ1) is 14.9. The molecule has 0 atom stereocenters. The van der Waals surface area contributed by atoms with Crippen LogP contribution in [0.15, 0.2) is 109 Å². The average molecular weight is 426 g/mol. The van der Waals surface area contributed by atoms with Gasteiger partial charge >= 0.3 is 0 Å². The highest BCUT2D eigenvalue weighted by atomic mass is 35.5. The minimum Gasteiger partial charge on any atom is -0.345 e. The summed E-state index contributed by atoms with van der Waals surface area (Å²) in [6, 6.07) is 36.5. The van der Waals surface area contributed by atoms with E-state index in [0.717, 1.165) is 17.6 Å². The van der Waals surface area contributed by atoms with Crippen LogP contribution in [0.2, 0.25) is 0 Å². The molecule has 4 aromatic carbocycles. The van der Waals surface area contributed by atoms with E-state index < -0.39 is 0 Å². The Morgan fingerprint density at radius 1 is 0.710 bits per heavy atom. The average Bonchev–Trinajstić information content (AvgIpc) is 3.29. The molecule has 0 spiro atoms. The Labute approximate surface area is 188 Å². The molecular formula is C27H24ClN3. The van der Waals surface area contributed by atoms with E-state index in [1.54, 1.807) is 6.33 Å². The molecule has 0 aliphatic carbocycles. The van der Waals surface area contributed by atoms with Crippen LogP contribution in [-0.4, -0.2) is 9.97 Å². The Morgan fingerprint density at radius 2 is 1.39 bits per heavy atom. The third-order valence-electron chi connectivity index (χ3n) is 5.46. The molecule has 154 valence electrons. The highest BCUT2D eigenvalue weighted by Crippen LogP contribution is 2.25. The van der Waals surface area contributed by atoms with Gasteiger partial charge in [0.25, 0.3) is 0 Å². The molecule has 0 aliphatic rings. The number of nitrogens with one attached hydrogen (secondary N) is 2. The molecule has 4 heteroatoms. The van der Waals surface area contributed by atoms with E-state index in [2.05, 4.69) is 118 Å². The maximum Gasteiger partial charge on any atom is 0.0931 e. The summed E-state index contributed by atoms with van der Waals surface area (Å²) < 4.78 is 0. The first kappa shape index (κ1) is 20.9. The second-order valence-electron chi connectivity index (χ2n) is 7.47. The van der Waals surface area contributed by atoms with Gasteiger partial charge in [0, 0.05) is 6.54 Å². The van der Waals surface area contributed by atoms with Gasteiger partial charge in [0.2, 0.25) is 0 Å². The van der Waals surface area contributed by atoms with Crippen molar-refractivity contribution < 1.29 is 0 Å². The second-order valence-corrected chi connectivity index (χ2v) is 7.47. The van der Waals surface area contributed by atoms with Crippen LogP contribution in [-0.2, 0) is 6.54 Å². The molecule has 5 aromatic rings. The summed E-state index contributed by atoms with van der Waals surface area (Å²) >= 11 is 0. The Hall–Kier alpha value is -3.40. The number of hydrogen-bond donors (Lipinski definition) is 2. The summed E-state index contributed by atoms with van der Waals surface area (Å²) in [7, 11) is 0. The van der Waals surface area contributed by atoms with Crippen molar-refractivity contribution in [3.63, 3.8) is 0 Å². The quantitative estimate of drug-likeness (QED) is 0.324. The number of aromatic nitrogens is 2. The van der Waals surface area contributed by atoms with Crippen LogP contribution >= 0.6 is 12.4 Å². The van der Waals surface area contributed by atoms with Gasteiger partial charge in [0.15, 0.2) is 0 Å². The summed E-state index contributed by atoms with van der Waals surface area (Å²) in [5, 5.41) is 3.76. The van der Waals surface area contributed by atoms with Crippen molar-refractivity contribution in [3.8, 4) is 11.1 Å². The molecule has 1 aromatic heterocycles. The van der Waals surface area contributed by atoms with Gasteiger partial charge in [0.05, 0.1) is 23.4 Å². The topological polar surface area (TPSA) is 40.7 Å². The molecule has 31 heavy (non-hydrogen) atoms. The maximum atomic E-state index is 4.31. The lowest BCUT2D eigenvalue weighted by molar-refractivity contribution is 0.605. The first-order valence-corrected chi connectivity index (χ1v) is 10.2. The minimum atomic E-state index is 0. The maximum absolute atomic E-state index is 4.31. The molecular weight excluding hydrogens is 402 g/mol. The van der Waals surface area contributed by atoms with Crippen LogP contribution in [0, 0.1) is 0 Å². The number of fused-ring (bicyclic) bond motifs is 1. The fourth-order valence-corrected chi connectivity index (χ4v) is 3.92. The van der Waals surface area contributed by atoms with Crippen molar-refractivity contribution in [2.24, 2.45) is 0 Å². The Morgan fingerprint density at radius 3 is 2.10 bits per heavy atom. The van der Waals surface area contributed by atoms with Gasteiger partial charge in [-0.25, -0.2) is 4.98 Å². The Kier molecular flexibility index (Phi) is 6.46. The Balaban J connectivity index is 0.00000231. The van der Waals surface area contributed by atoms with Gasteiger partial charge in [-0.2, -0.15) is 0 Å². The summed E-state index contributed by atoms with van der Waals surface area (Å²) in [5.74, 6) is 0. The van der Waals surface area contributed by atoms with Crippen molar-refractivity contribution in [3.05, 3.63) is 126 Å². The molecule has 1 heterocycles. The second kappa shape index (κ2) is 9.61. The predicted molar refractivity (Wildman–Crippen MR) is 130 cm³/mol. The molecule has 0 fully saturated rings. The fourth-order valence-electron chi connectivity index (χ4n) is 3.92. The van der Waals surface area contributed by atoms with E-state index in [1.165, 1.54) is 27.8 Å². The predicted octanol–water partition coefficient (Wildman–Crippen LogP) is 6.53. The number of benzene rings is 4. The van der Waals surface area contributed by atoms with E-state index in [4.69, 9.17) is 0 Å². The van der Waals surface area contributed by atoms with E-state index in [0.29, 0.717) is 0 Å². The van der Waals surface area contributed by atoms with Gasteiger partial charge < -0.3 is 10.3 Å². The van der Waals surface area contributed by atoms with Crippen LogP contribution in [0.5, 0.6) is 0 Å². The zero-order valence-corrected chi connectivity index (χ0v) is 17.8. The van der Waals surface area contributed by atoms with Crippen molar-refractivity contribution in [2.45, 2.75) is 12.6 Å². The summed E-state index contributed by atoms with van der Waals surface area (Å²) in [6.45, 7) is 0.786. The molecule has 2 N–H and O–H groups in total. The number of aromatic amines is 1. The molecule has 0 unspecified atom stereocenters. The third kappa shape index (κ3) is 4.69. The number of nitrogens with zero attached hydrogens (tertiary/aromatic N) is 1. The third-order valence-corrected chi connectivity index (χ3v) is 5.46. The van der Waals surface area contributed by atoms with E-state index in [1.807, 2.05) is 0 Å². The molecule has 3 nitrogen and oxygen atoms in total. The van der Waals surface area contributed by atoms with E-state index in [-0.39, 0.29) is 18.4 Å². The molecule has 0 aliphatic heterocycles. The van der Waals surface area contributed by atoms with Crippen molar-refractivity contribution >= 4 is 23.4 Å². The van der Waals surface area contributed by atoms with Gasteiger partial charge in [-0.1, -0.05) is 84.9 Å². The standard InChI is InChI=1S/C27H23N3.ClH/c1-3-9-21(10-4-1)27(22-11-5-2-6-12-22)28-18-20-8-7-13-23(16-20)24-14-15-25-26(17-24)30-19-29-25;/h1-17,19,27-28H,18H2,(H,29,30);1H. The van der Waals surface area contributed by atoms with Gasteiger partial charge in [0.1, 0.15) is 0 Å². The summed E-state index contributed by atoms with van der Waals surface area (Å²) in [5.41, 5.74) is 8.25. The van der Waals surface area contributed by atoms with Gasteiger partial charge in [-0.05, 0) is 46.0 Å². The lowest BCUT2D eigenvalue weighted by Crippen LogP contribution is -2.22. The van der Waals surface area contributed by atoms with Gasteiger partial charge in [-0.3, -0.25) is 0 Å². The van der Waals surface area contributed by atoms with Crippen LogP contribution in [0.1, 0.15) is 22.7 Å². The molecule has 0 saturated carbocycles. The monoisotopic (exact) mass is 425 g/mol. The van der Waals surface area contributed by atoms with Crippen molar-refractivity contribution in [2.75, 3.05) is 0 Å². The van der Waals surface area contributed by atoms with Crippen molar-refractivity contribution in [1.29, 1.82) is 0 Å². The number of rotatable bonds is 6. The fraction of sp³-hybridized carbons (Fsp3) is 0.0741. The normalized spacial score (nSPS) is 10.9. The van der Waals surface area contributed by atoms with Gasteiger partial charge in [-0.15, -0.1) is 12.4 Å². The zero-order valence-electron chi connectivity index (χ0n) is 17.0. The smallest absolute Gasteiger partial charge is 0.0931 e. The number of hydrogen-bond acceptors (Lipinski definition) is 2. The van der Waals surface area contributed by atoms with Crippen molar-refractivity contribution in [1.82, 2.24) is 15.3 Å². The molecule has 0 saturated heterocycles. The minimum absolute atomic E-state index is 0. The summed E-state index contributed by atoms with van der Waals surface area (Å²) in [6.07, 6.45) is 1.74. The first-order valence-electron chi connectivity index (χ1n) is 10.2. The van der Waals surface area contributed by atoms with Crippen LogP contribution in [0.3, 0.4) is 0 Å². The Bertz CT molecular complexity index is 1210. The number of H-pyrrole nitrogens is 1. The number of imidazole rings is 1. The van der Waals surface area contributed by atoms with E-state index >= 15 is 0 Å².